The maximum Gasteiger partial charge on any atom is 0.123 e. The fraction of sp³-hybridized carbons (Fsp3) is 0.143. The van der Waals surface area contributed by atoms with Gasteiger partial charge in [0.2, 0.25) is 0 Å². The van der Waals surface area contributed by atoms with Gasteiger partial charge in [0.05, 0.1) is 0 Å². The maximum absolute atomic E-state index is 13.1. The van der Waals surface area contributed by atoms with Gasteiger partial charge in [-0.2, -0.15) is 0 Å². The summed E-state index contributed by atoms with van der Waals surface area (Å²) in [5, 5.41) is 1.29. The second kappa shape index (κ2) is 6.05. The quantitative estimate of drug-likeness (QED) is 0.614. The molecule has 0 bridgehead atoms. The highest BCUT2D eigenvalue weighted by molar-refractivity contribution is 9.09. The van der Waals surface area contributed by atoms with Gasteiger partial charge in [-0.05, 0) is 47.9 Å². The monoisotopic (exact) mass is 346 g/mol. The van der Waals surface area contributed by atoms with Crippen molar-refractivity contribution >= 4 is 39.1 Å². The SMILES string of the molecule is Fc1cccc(CC(Br)c2cc(Cl)ccc2Cl)c1. The van der Waals surface area contributed by atoms with Crippen molar-refractivity contribution in [2.24, 2.45) is 0 Å². The molecule has 0 heterocycles. The molecule has 2 rings (SSSR count). The van der Waals surface area contributed by atoms with Crippen molar-refractivity contribution in [2.45, 2.75) is 11.2 Å². The van der Waals surface area contributed by atoms with Crippen LogP contribution in [0, 0.1) is 5.82 Å². The highest BCUT2D eigenvalue weighted by Crippen LogP contribution is 2.34. The standard InChI is InChI=1S/C14H10BrCl2F/c15-13(7-9-2-1-3-11(18)6-9)12-8-10(16)4-5-14(12)17/h1-6,8,13H,7H2. The molecule has 0 radical (unpaired) electrons. The summed E-state index contributed by atoms with van der Waals surface area (Å²) in [6.07, 6.45) is 0.651. The lowest BCUT2D eigenvalue weighted by atomic mass is 10.0. The molecule has 0 aliphatic rings. The van der Waals surface area contributed by atoms with Crippen molar-refractivity contribution in [1.82, 2.24) is 0 Å². The van der Waals surface area contributed by atoms with E-state index in [1.54, 1.807) is 18.2 Å². The zero-order valence-electron chi connectivity index (χ0n) is 9.34. The van der Waals surface area contributed by atoms with Gasteiger partial charge in [0.15, 0.2) is 0 Å². The summed E-state index contributed by atoms with van der Waals surface area (Å²) in [4.78, 5) is 0.00509. The lowest BCUT2D eigenvalue weighted by molar-refractivity contribution is 0.625. The third-order valence-corrected chi connectivity index (χ3v) is 4.00. The molecule has 0 spiro atoms. The first kappa shape index (κ1) is 13.9. The summed E-state index contributed by atoms with van der Waals surface area (Å²) in [5.41, 5.74) is 1.82. The Morgan fingerprint density at radius 1 is 1.11 bits per heavy atom. The van der Waals surface area contributed by atoms with E-state index in [0.717, 1.165) is 11.1 Å². The normalized spacial score (nSPS) is 12.4. The van der Waals surface area contributed by atoms with Gasteiger partial charge in [0.1, 0.15) is 5.82 Å². The molecular formula is C14H10BrCl2F. The summed E-state index contributed by atoms with van der Waals surface area (Å²) >= 11 is 15.6. The van der Waals surface area contributed by atoms with Crippen molar-refractivity contribution in [3.05, 3.63) is 69.5 Å². The molecule has 0 aromatic heterocycles. The predicted octanol–water partition coefficient (Wildman–Crippen LogP) is 5.81. The molecule has 4 heteroatoms. The predicted molar refractivity (Wildman–Crippen MR) is 78.2 cm³/mol. The smallest absolute Gasteiger partial charge is 0.123 e. The Labute approximate surface area is 124 Å². The second-order valence-corrected chi connectivity index (χ2v) is 5.92. The fourth-order valence-electron chi connectivity index (χ4n) is 1.74. The Hall–Kier alpha value is -0.570. The number of hydrogen-bond acceptors (Lipinski definition) is 0. The molecule has 2 aromatic carbocycles. The molecule has 0 N–H and O–H groups in total. The Kier molecular flexibility index (Phi) is 4.66. The number of rotatable bonds is 3. The minimum atomic E-state index is -0.232. The van der Waals surface area contributed by atoms with Gasteiger partial charge in [0.25, 0.3) is 0 Å². The van der Waals surface area contributed by atoms with Gasteiger partial charge in [-0.15, -0.1) is 0 Å². The minimum absolute atomic E-state index is 0.00509. The van der Waals surface area contributed by atoms with Crippen LogP contribution in [0.2, 0.25) is 10.0 Å². The molecule has 18 heavy (non-hydrogen) atoms. The molecule has 0 aliphatic heterocycles. The summed E-state index contributed by atoms with van der Waals surface area (Å²) < 4.78 is 13.1. The van der Waals surface area contributed by atoms with Gasteiger partial charge in [-0.1, -0.05) is 51.3 Å². The Morgan fingerprint density at radius 3 is 2.61 bits per heavy atom. The van der Waals surface area contributed by atoms with E-state index in [0.29, 0.717) is 16.5 Å². The molecule has 0 aliphatic carbocycles. The van der Waals surface area contributed by atoms with Crippen molar-refractivity contribution in [1.29, 1.82) is 0 Å². The largest absolute Gasteiger partial charge is 0.207 e. The molecule has 0 saturated carbocycles. The zero-order valence-corrected chi connectivity index (χ0v) is 12.4. The molecule has 0 fully saturated rings. The lowest BCUT2D eigenvalue weighted by Gasteiger charge is -2.12. The van der Waals surface area contributed by atoms with Crippen LogP contribution in [0.3, 0.4) is 0 Å². The Balaban J connectivity index is 2.21. The van der Waals surface area contributed by atoms with Crippen molar-refractivity contribution in [3.8, 4) is 0 Å². The van der Waals surface area contributed by atoms with Crippen LogP contribution in [0.5, 0.6) is 0 Å². The second-order valence-electron chi connectivity index (χ2n) is 3.97. The van der Waals surface area contributed by atoms with E-state index >= 15 is 0 Å². The van der Waals surface area contributed by atoms with E-state index in [1.165, 1.54) is 12.1 Å². The fourth-order valence-corrected chi connectivity index (χ4v) is 3.05. The van der Waals surface area contributed by atoms with Crippen molar-refractivity contribution in [2.75, 3.05) is 0 Å². The molecule has 1 unspecified atom stereocenters. The lowest BCUT2D eigenvalue weighted by Crippen LogP contribution is -1.97. The first-order chi connectivity index (χ1) is 8.56. The third-order valence-electron chi connectivity index (χ3n) is 2.60. The summed E-state index contributed by atoms with van der Waals surface area (Å²) in [7, 11) is 0. The van der Waals surface area contributed by atoms with E-state index in [2.05, 4.69) is 15.9 Å². The molecule has 1 atom stereocenters. The van der Waals surface area contributed by atoms with Crippen LogP contribution in [-0.2, 0) is 6.42 Å². The van der Waals surface area contributed by atoms with Crippen LogP contribution >= 0.6 is 39.1 Å². The third kappa shape index (κ3) is 3.47. The van der Waals surface area contributed by atoms with Gasteiger partial charge in [0, 0.05) is 14.9 Å². The number of alkyl halides is 1. The van der Waals surface area contributed by atoms with Crippen LogP contribution in [0.1, 0.15) is 16.0 Å². The molecule has 0 amide bonds. The molecule has 2 aromatic rings. The van der Waals surface area contributed by atoms with Gasteiger partial charge in [-0.3, -0.25) is 0 Å². The molecular weight excluding hydrogens is 338 g/mol. The van der Waals surface area contributed by atoms with Crippen LogP contribution in [-0.4, -0.2) is 0 Å². The topological polar surface area (TPSA) is 0 Å². The van der Waals surface area contributed by atoms with E-state index < -0.39 is 0 Å². The van der Waals surface area contributed by atoms with E-state index in [1.807, 2.05) is 12.1 Å². The summed E-state index contributed by atoms with van der Waals surface area (Å²) in [6.45, 7) is 0. The van der Waals surface area contributed by atoms with Crippen LogP contribution in [0.25, 0.3) is 0 Å². The van der Waals surface area contributed by atoms with Crippen LogP contribution < -0.4 is 0 Å². The Morgan fingerprint density at radius 2 is 1.89 bits per heavy atom. The molecule has 0 nitrogen and oxygen atoms in total. The maximum atomic E-state index is 13.1. The average molecular weight is 348 g/mol. The molecule has 94 valence electrons. The highest BCUT2D eigenvalue weighted by Gasteiger charge is 2.13. The first-order valence-electron chi connectivity index (χ1n) is 5.40. The van der Waals surface area contributed by atoms with Crippen LogP contribution in [0.15, 0.2) is 42.5 Å². The van der Waals surface area contributed by atoms with Crippen molar-refractivity contribution in [3.63, 3.8) is 0 Å². The number of benzene rings is 2. The highest BCUT2D eigenvalue weighted by atomic mass is 79.9. The Bertz CT molecular complexity index is 557. The number of halogens is 4. The van der Waals surface area contributed by atoms with Gasteiger partial charge >= 0.3 is 0 Å². The van der Waals surface area contributed by atoms with E-state index in [4.69, 9.17) is 23.2 Å². The summed E-state index contributed by atoms with van der Waals surface area (Å²) in [5.74, 6) is -0.232. The van der Waals surface area contributed by atoms with E-state index in [-0.39, 0.29) is 10.6 Å². The average Bonchev–Trinajstić information content (AvgIpc) is 2.32. The van der Waals surface area contributed by atoms with Crippen LogP contribution in [0.4, 0.5) is 4.39 Å². The summed E-state index contributed by atoms with van der Waals surface area (Å²) in [6, 6.07) is 11.9. The number of hydrogen-bond donors (Lipinski definition) is 0. The molecule has 0 saturated heterocycles. The minimum Gasteiger partial charge on any atom is -0.207 e. The van der Waals surface area contributed by atoms with Gasteiger partial charge < -0.3 is 0 Å². The van der Waals surface area contributed by atoms with Gasteiger partial charge in [-0.25, -0.2) is 4.39 Å². The van der Waals surface area contributed by atoms with Crippen molar-refractivity contribution < 1.29 is 4.39 Å². The van der Waals surface area contributed by atoms with E-state index in [9.17, 15) is 4.39 Å². The zero-order chi connectivity index (χ0) is 13.1. The first-order valence-corrected chi connectivity index (χ1v) is 7.07.